The number of hydrogen-bond donors (Lipinski definition) is 2. The van der Waals surface area contributed by atoms with Crippen LogP contribution in [0.1, 0.15) is 21.6 Å². The third-order valence-corrected chi connectivity index (χ3v) is 4.61. The number of primary amides is 1. The van der Waals surface area contributed by atoms with E-state index >= 15 is 0 Å². The number of hydrogen-bond acceptors (Lipinski definition) is 5. The number of amides is 2. The lowest BCUT2D eigenvalue weighted by molar-refractivity contribution is -0.141. The monoisotopic (exact) mass is 445 g/mol. The van der Waals surface area contributed by atoms with Crippen LogP contribution >= 0.6 is 0 Å². The summed E-state index contributed by atoms with van der Waals surface area (Å²) in [4.78, 5) is 40.3. The summed E-state index contributed by atoms with van der Waals surface area (Å²) in [5, 5.41) is 6.37. The summed E-state index contributed by atoms with van der Waals surface area (Å²) in [6.45, 7) is 0. The normalized spacial score (nSPS) is 12.2. The zero-order valence-electron chi connectivity index (χ0n) is 16.8. The molecule has 0 saturated carbocycles. The van der Waals surface area contributed by atoms with Crippen LogP contribution < -0.4 is 11.1 Å². The van der Waals surface area contributed by atoms with Gasteiger partial charge in [-0.1, -0.05) is 36.4 Å². The van der Waals surface area contributed by atoms with E-state index in [4.69, 9.17) is 5.73 Å². The lowest BCUT2D eigenvalue weighted by Gasteiger charge is -2.17. The van der Waals surface area contributed by atoms with Crippen LogP contribution in [0.25, 0.3) is 11.4 Å². The molecule has 3 rings (SSSR count). The van der Waals surface area contributed by atoms with Crippen LogP contribution in [0.5, 0.6) is 0 Å². The molecule has 8 nitrogen and oxygen atoms in total. The maximum absolute atomic E-state index is 13.1. The molecule has 11 heteroatoms. The summed E-state index contributed by atoms with van der Waals surface area (Å²) < 4.78 is 40.4. The first-order chi connectivity index (χ1) is 15.1. The van der Waals surface area contributed by atoms with Crippen molar-refractivity contribution in [2.45, 2.75) is 18.6 Å². The molecule has 2 aromatic heterocycles. The first kappa shape index (κ1) is 22.7. The smallest absolute Gasteiger partial charge is 0.363 e. The van der Waals surface area contributed by atoms with Crippen molar-refractivity contribution in [2.24, 2.45) is 12.8 Å². The number of halogens is 3. The Morgan fingerprint density at radius 1 is 1.09 bits per heavy atom. The first-order valence-electron chi connectivity index (χ1n) is 9.33. The fourth-order valence-electron chi connectivity index (χ4n) is 3.10. The second-order valence-electron chi connectivity index (χ2n) is 6.88. The van der Waals surface area contributed by atoms with Gasteiger partial charge in [0.2, 0.25) is 5.78 Å². The highest BCUT2D eigenvalue weighted by atomic mass is 19.4. The van der Waals surface area contributed by atoms with Crippen LogP contribution in [0.3, 0.4) is 0 Å². The Hall–Kier alpha value is -4.02. The van der Waals surface area contributed by atoms with Gasteiger partial charge >= 0.3 is 6.18 Å². The van der Waals surface area contributed by atoms with Crippen molar-refractivity contribution in [1.29, 1.82) is 0 Å². The van der Waals surface area contributed by atoms with Gasteiger partial charge in [-0.05, 0) is 17.7 Å². The fourth-order valence-corrected chi connectivity index (χ4v) is 3.10. The topological polar surface area (TPSA) is 120 Å². The van der Waals surface area contributed by atoms with Crippen LogP contribution in [0.15, 0.2) is 54.7 Å². The lowest BCUT2D eigenvalue weighted by atomic mass is 10.0. The van der Waals surface area contributed by atoms with Crippen LogP contribution in [0, 0.1) is 0 Å². The van der Waals surface area contributed by atoms with Crippen LogP contribution in [-0.4, -0.2) is 38.4 Å². The molecule has 0 aliphatic heterocycles. The highest BCUT2D eigenvalue weighted by molar-refractivity contribution is 6.38. The summed E-state index contributed by atoms with van der Waals surface area (Å²) in [7, 11) is 1.43. The van der Waals surface area contributed by atoms with E-state index in [1.807, 2.05) is 0 Å². The fraction of sp³-hybridized carbons (Fsp3) is 0.190. The van der Waals surface area contributed by atoms with Crippen LogP contribution in [0.2, 0.25) is 0 Å². The Balaban J connectivity index is 1.94. The quantitative estimate of drug-likeness (QED) is 0.539. The average molecular weight is 445 g/mol. The number of nitrogens with zero attached hydrogens (tertiary/aromatic N) is 3. The highest BCUT2D eigenvalue weighted by Gasteiger charge is 2.33. The summed E-state index contributed by atoms with van der Waals surface area (Å²) in [5.74, 6) is -3.05. The van der Waals surface area contributed by atoms with Crippen molar-refractivity contribution >= 4 is 17.6 Å². The molecule has 2 heterocycles. The number of ketones is 1. The molecule has 32 heavy (non-hydrogen) atoms. The zero-order valence-corrected chi connectivity index (χ0v) is 16.8. The van der Waals surface area contributed by atoms with Gasteiger partial charge in [0.15, 0.2) is 0 Å². The van der Waals surface area contributed by atoms with E-state index in [1.165, 1.54) is 17.8 Å². The Kier molecular flexibility index (Phi) is 6.37. The van der Waals surface area contributed by atoms with Crippen molar-refractivity contribution in [1.82, 2.24) is 20.1 Å². The van der Waals surface area contributed by atoms with Crippen molar-refractivity contribution < 1.29 is 27.6 Å². The van der Waals surface area contributed by atoms with E-state index in [1.54, 1.807) is 30.3 Å². The predicted octanol–water partition coefficient (Wildman–Crippen LogP) is 1.90. The summed E-state index contributed by atoms with van der Waals surface area (Å²) >= 11 is 0. The molecule has 0 bridgehead atoms. The van der Waals surface area contributed by atoms with Crippen LogP contribution in [0.4, 0.5) is 13.2 Å². The van der Waals surface area contributed by atoms with E-state index in [2.05, 4.69) is 15.4 Å². The van der Waals surface area contributed by atoms with Crippen molar-refractivity contribution in [3.8, 4) is 11.4 Å². The zero-order chi connectivity index (χ0) is 23.5. The Morgan fingerprint density at radius 2 is 1.78 bits per heavy atom. The van der Waals surface area contributed by atoms with Gasteiger partial charge in [-0.25, -0.2) is 4.98 Å². The van der Waals surface area contributed by atoms with Gasteiger partial charge in [0.05, 0.1) is 23.1 Å². The number of aromatic nitrogens is 3. The number of benzene rings is 1. The van der Waals surface area contributed by atoms with Crippen molar-refractivity contribution in [2.75, 3.05) is 0 Å². The number of pyridine rings is 1. The van der Waals surface area contributed by atoms with Gasteiger partial charge in [0.25, 0.3) is 11.8 Å². The third kappa shape index (κ3) is 4.99. The van der Waals surface area contributed by atoms with Gasteiger partial charge in [0, 0.05) is 13.5 Å². The number of rotatable bonds is 7. The maximum atomic E-state index is 13.1. The molecular weight excluding hydrogens is 427 g/mol. The predicted molar refractivity (Wildman–Crippen MR) is 107 cm³/mol. The number of carbonyl (C=O) groups excluding carboxylic acids is 3. The number of carbonyl (C=O) groups is 3. The molecular formula is C21H18F3N5O3. The summed E-state index contributed by atoms with van der Waals surface area (Å²) in [6.07, 6.45) is -3.54. The minimum absolute atomic E-state index is 0.00818. The number of aryl methyl sites for hydroxylation is 1. The second-order valence-corrected chi connectivity index (χ2v) is 6.88. The number of nitrogens with two attached hydrogens (primary N) is 1. The minimum Gasteiger partial charge on any atom is -0.363 e. The molecule has 0 spiro atoms. The Labute approximate surface area is 180 Å². The second kappa shape index (κ2) is 9.00. The number of alkyl halides is 3. The molecule has 0 saturated heterocycles. The van der Waals surface area contributed by atoms with E-state index in [9.17, 15) is 27.6 Å². The standard InChI is InChI=1S/C21H18F3N5O3/c1-29-17(14-8-5-9-16(27-14)21(22,23)24)13(11-26-29)20(32)28-15(18(30)19(25)31)10-12-6-3-2-4-7-12/h2-9,11,15H,10H2,1H3,(H2,25,31)(H,28,32). The van der Waals surface area contributed by atoms with Gasteiger partial charge < -0.3 is 11.1 Å². The average Bonchev–Trinajstić information content (AvgIpc) is 3.14. The molecule has 0 aliphatic rings. The largest absolute Gasteiger partial charge is 0.433 e. The van der Waals surface area contributed by atoms with Crippen molar-refractivity contribution in [3.63, 3.8) is 0 Å². The molecule has 0 radical (unpaired) electrons. The number of nitrogens with one attached hydrogen (secondary N) is 1. The van der Waals surface area contributed by atoms with Gasteiger partial charge in [0.1, 0.15) is 11.7 Å². The molecule has 0 fully saturated rings. The van der Waals surface area contributed by atoms with E-state index < -0.39 is 35.5 Å². The SMILES string of the molecule is Cn1ncc(C(=O)NC(Cc2ccccc2)C(=O)C(N)=O)c1-c1cccc(C(F)(F)F)n1. The summed E-state index contributed by atoms with van der Waals surface area (Å²) in [5.41, 5.74) is 4.41. The Morgan fingerprint density at radius 3 is 2.41 bits per heavy atom. The first-order valence-corrected chi connectivity index (χ1v) is 9.33. The summed E-state index contributed by atoms with van der Waals surface area (Å²) in [6, 6.07) is 10.6. The van der Waals surface area contributed by atoms with E-state index in [-0.39, 0.29) is 23.4 Å². The molecule has 1 unspecified atom stereocenters. The molecule has 1 aromatic carbocycles. The van der Waals surface area contributed by atoms with Gasteiger partial charge in [-0.2, -0.15) is 18.3 Å². The molecule has 3 N–H and O–H groups in total. The third-order valence-electron chi connectivity index (χ3n) is 4.61. The molecule has 166 valence electrons. The molecule has 1 atom stereocenters. The minimum atomic E-state index is -4.67. The lowest BCUT2D eigenvalue weighted by Crippen LogP contribution is -2.47. The van der Waals surface area contributed by atoms with Crippen molar-refractivity contribution in [3.05, 3.63) is 71.5 Å². The Bertz CT molecular complexity index is 1160. The van der Waals surface area contributed by atoms with Gasteiger partial charge in [-0.3, -0.25) is 19.1 Å². The van der Waals surface area contributed by atoms with Gasteiger partial charge in [-0.15, -0.1) is 0 Å². The number of Topliss-reactive ketones (excluding diaryl/α,β-unsaturated/α-hetero) is 1. The molecule has 2 amide bonds. The molecule has 3 aromatic rings. The maximum Gasteiger partial charge on any atom is 0.433 e. The van der Waals surface area contributed by atoms with E-state index in [0.29, 0.717) is 5.56 Å². The highest BCUT2D eigenvalue weighted by Crippen LogP contribution is 2.30. The molecule has 0 aliphatic carbocycles. The van der Waals surface area contributed by atoms with Crippen LogP contribution in [-0.2, 0) is 29.2 Å². The van der Waals surface area contributed by atoms with E-state index in [0.717, 1.165) is 18.3 Å².